The van der Waals surface area contributed by atoms with Gasteiger partial charge in [-0.3, -0.25) is 0 Å². The average Bonchev–Trinajstić information content (AvgIpc) is 3.57. The molecule has 4 fully saturated rings. The average molecular weight is 949 g/mol. The summed E-state index contributed by atoms with van der Waals surface area (Å²) in [4.78, 5) is 0. The zero-order valence-electron chi connectivity index (χ0n) is 30.1. The van der Waals surface area contributed by atoms with Crippen LogP contribution in [0, 0.1) is 88.6 Å². The second-order valence-electron chi connectivity index (χ2n) is 17.4. The predicted molar refractivity (Wildman–Crippen MR) is 195 cm³/mol. The van der Waals surface area contributed by atoms with Crippen LogP contribution in [-0.2, 0) is 0 Å². The molecule has 4 aliphatic rings. The van der Waals surface area contributed by atoms with E-state index < -0.39 is 32.3 Å². The molecule has 0 amide bonds. The Bertz CT molecular complexity index is 457. The minimum atomic E-state index is -0.724. The maximum absolute atomic E-state index is 2.50. The molecule has 0 atom stereocenters. The van der Waals surface area contributed by atoms with Crippen LogP contribution in [0.5, 0.6) is 0 Å². The third-order valence-electron chi connectivity index (χ3n) is 10.3. The summed E-state index contributed by atoms with van der Waals surface area (Å²) in [6.45, 7) is 30.0. The SMILES string of the molecule is C[Si](C)(C)C1CCCC1.C[Si](C)(C)C1CCCC1.C[Si](C)(C)C1CCCC1.C[Si](C)(C)C1CCCC1.[CH3-].[CH3-].[Lu+3].[Lu+3]. The van der Waals surface area contributed by atoms with Crippen LogP contribution in [0.4, 0.5) is 0 Å². The smallest absolute Gasteiger partial charge is 0.358 e. The van der Waals surface area contributed by atoms with Crippen molar-refractivity contribution in [3.8, 4) is 0 Å². The van der Waals surface area contributed by atoms with E-state index in [1.54, 1.807) is 0 Å². The third-order valence-corrected chi connectivity index (χ3v) is 22.4. The van der Waals surface area contributed by atoms with Crippen molar-refractivity contribution < 1.29 is 73.7 Å². The molecule has 0 unspecified atom stereocenters. The van der Waals surface area contributed by atoms with Crippen molar-refractivity contribution in [1.82, 2.24) is 0 Å². The minimum absolute atomic E-state index is 0. The van der Waals surface area contributed by atoms with Gasteiger partial charge in [-0.25, -0.2) is 0 Å². The first kappa shape index (κ1) is 50.2. The third kappa shape index (κ3) is 22.0. The molecule has 0 spiro atoms. The molecule has 256 valence electrons. The maximum Gasteiger partial charge on any atom is 3.00 e. The van der Waals surface area contributed by atoms with E-state index in [4.69, 9.17) is 0 Å². The number of rotatable bonds is 4. The molecule has 4 rings (SSSR count). The first-order valence-corrected chi connectivity index (χ1v) is 30.7. The number of hydrogen-bond acceptors (Lipinski definition) is 0. The second kappa shape index (κ2) is 23.6. The molecule has 0 heterocycles. The summed E-state index contributed by atoms with van der Waals surface area (Å²) in [5.74, 6) is 0. The summed E-state index contributed by atoms with van der Waals surface area (Å²) in [6.07, 6.45) is 24.4. The van der Waals surface area contributed by atoms with Gasteiger partial charge in [0.1, 0.15) is 0 Å². The van der Waals surface area contributed by atoms with E-state index >= 15 is 0 Å². The molecule has 0 aliphatic heterocycles. The fourth-order valence-electron chi connectivity index (χ4n) is 7.17. The van der Waals surface area contributed by atoms with Gasteiger partial charge in [-0.15, -0.1) is 0 Å². The van der Waals surface area contributed by atoms with Crippen LogP contribution in [0.25, 0.3) is 0 Å². The molecule has 40 heavy (non-hydrogen) atoms. The quantitative estimate of drug-likeness (QED) is 0.195. The Morgan fingerprint density at radius 2 is 0.375 bits per heavy atom. The fraction of sp³-hybridized carbons (Fsp3) is 0.941. The van der Waals surface area contributed by atoms with E-state index in [-0.39, 0.29) is 88.6 Å². The molecule has 0 saturated heterocycles. The van der Waals surface area contributed by atoms with Gasteiger partial charge in [0.15, 0.2) is 0 Å². The molecule has 0 aromatic carbocycles. The van der Waals surface area contributed by atoms with Crippen molar-refractivity contribution in [1.29, 1.82) is 0 Å². The molecule has 6 heteroatoms. The van der Waals surface area contributed by atoms with Gasteiger partial charge in [-0.1, -0.05) is 181 Å². The van der Waals surface area contributed by atoms with Crippen LogP contribution in [0.15, 0.2) is 0 Å². The molecule has 0 N–H and O–H groups in total. The minimum Gasteiger partial charge on any atom is -0.358 e. The van der Waals surface area contributed by atoms with Crippen molar-refractivity contribution in [2.24, 2.45) is 0 Å². The standard InChI is InChI=1S/4C8H18Si.2CH3.2Lu/c4*1-9(2,3)8-6-4-5-7-8;;;;/h4*8H,4-7H2,1-3H3;2*1H3;;/q;;;;2*-1;2*+3. The van der Waals surface area contributed by atoms with E-state index in [9.17, 15) is 0 Å². The Balaban J connectivity index is -0.000000209. The van der Waals surface area contributed by atoms with Gasteiger partial charge in [-0.05, 0) is 22.2 Å². The van der Waals surface area contributed by atoms with Gasteiger partial charge < -0.3 is 14.9 Å². The van der Waals surface area contributed by atoms with Gasteiger partial charge in [0.2, 0.25) is 0 Å². The zero-order valence-corrected chi connectivity index (χ0v) is 37.5. The Morgan fingerprint density at radius 1 is 0.275 bits per heavy atom. The molecule has 0 nitrogen and oxygen atoms in total. The topological polar surface area (TPSA) is 0 Å². The normalized spacial score (nSPS) is 20.7. The van der Waals surface area contributed by atoms with Gasteiger partial charge >= 0.3 is 73.7 Å². The van der Waals surface area contributed by atoms with Crippen molar-refractivity contribution in [2.75, 3.05) is 0 Å². The summed E-state index contributed by atoms with van der Waals surface area (Å²) in [6, 6.07) is 0. The van der Waals surface area contributed by atoms with Crippen molar-refractivity contribution in [3.63, 3.8) is 0 Å². The summed E-state index contributed by atoms with van der Waals surface area (Å²) < 4.78 is 0. The van der Waals surface area contributed by atoms with Gasteiger partial charge in [-0.2, -0.15) is 0 Å². The van der Waals surface area contributed by atoms with Crippen LogP contribution >= 0.6 is 0 Å². The van der Waals surface area contributed by atoms with Crippen molar-refractivity contribution in [2.45, 2.75) is 203 Å². The molecule has 4 aliphatic carbocycles. The Labute approximate surface area is 320 Å². The van der Waals surface area contributed by atoms with Gasteiger partial charge in [0.05, 0.1) is 0 Å². The van der Waals surface area contributed by atoms with Crippen LogP contribution in [-0.4, -0.2) is 32.3 Å². The van der Waals surface area contributed by atoms with Crippen LogP contribution in [0.3, 0.4) is 0 Å². The molecule has 0 bridgehead atoms. The van der Waals surface area contributed by atoms with E-state index in [2.05, 4.69) is 78.6 Å². The van der Waals surface area contributed by atoms with Crippen molar-refractivity contribution in [3.05, 3.63) is 14.9 Å². The molecule has 0 aromatic heterocycles. The van der Waals surface area contributed by atoms with Crippen molar-refractivity contribution >= 4 is 32.3 Å². The molecular weight excluding hydrogens is 871 g/mol. The summed E-state index contributed by atoms with van der Waals surface area (Å²) in [5, 5.41) is 0. The van der Waals surface area contributed by atoms with Crippen LogP contribution < -0.4 is 0 Å². The summed E-state index contributed by atoms with van der Waals surface area (Å²) in [7, 11) is -2.90. The van der Waals surface area contributed by atoms with Crippen LogP contribution in [0.2, 0.25) is 101 Å². The first-order valence-electron chi connectivity index (χ1n) is 16.4. The molecule has 0 aromatic rings. The Kier molecular flexibility index (Phi) is 29.6. The Hall–Kier alpha value is 3.34. The fourth-order valence-corrected chi connectivity index (χ4v) is 15.7. The first-order chi connectivity index (χ1) is 16.4. The van der Waals surface area contributed by atoms with Gasteiger partial charge in [0, 0.05) is 32.3 Å². The maximum atomic E-state index is 2.50. The van der Waals surface area contributed by atoms with E-state index in [1.165, 1.54) is 103 Å². The summed E-state index contributed by atoms with van der Waals surface area (Å²) in [5.41, 5.74) is 4.60. The predicted octanol–water partition coefficient (Wildman–Crippen LogP) is 14.0. The monoisotopic (exact) mass is 948 g/mol. The molecule has 4 saturated carbocycles. The zero-order chi connectivity index (χ0) is 27.6. The summed E-state index contributed by atoms with van der Waals surface area (Å²) >= 11 is 0. The molecule has 0 radical (unpaired) electrons. The van der Waals surface area contributed by atoms with E-state index in [0.29, 0.717) is 0 Å². The Morgan fingerprint density at radius 3 is 0.425 bits per heavy atom. The van der Waals surface area contributed by atoms with Crippen LogP contribution in [0.1, 0.15) is 103 Å². The largest absolute Gasteiger partial charge is 3.00 e. The molecular formula is C34H78Lu2Si4+4. The second-order valence-corrected chi connectivity index (χ2v) is 39.6. The van der Waals surface area contributed by atoms with E-state index in [1.807, 2.05) is 0 Å². The van der Waals surface area contributed by atoms with Gasteiger partial charge in [0.25, 0.3) is 0 Å². The van der Waals surface area contributed by atoms with E-state index in [0.717, 1.165) is 22.2 Å². The number of hydrogen-bond donors (Lipinski definition) is 0.